The summed E-state index contributed by atoms with van der Waals surface area (Å²) in [6, 6.07) is -1.45. The Morgan fingerprint density at radius 2 is 2.05 bits per heavy atom. The molecule has 1 rings (SSSR count). The number of hydrogen-bond donors (Lipinski definition) is 3. The highest BCUT2D eigenvalue weighted by molar-refractivity contribution is 5.83. The summed E-state index contributed by atoms with van der Waals surface area (Å²) in [7, 11) is 0. The molecule has 0 spiro atoms. The average Bonchev–Trinajstić information content (AvgIpc) is 2.60. The molecule has 0 saturated carbocycles. The summed E-state index contributed by atoms with van der Waals surface area (Å²) in [6.07, 6.45) is -1.28. The van der Waals surface area contributed by atoms with Gasteiger partial charge in [0.25, 0.3) is 0 Å². The fourth-order valence-corrected chi connectivity index (χ4v) is 1.85. The zero-order chi connectivity index (χ0) is 16.3. The van der Waals surface area contributed by atoms with Gasteiger partial charge in [0.1, 0.15) is 17.9 Å². The molecular formula is C11H16N4O6. The summed E-state index contributed by atoms with van der Waals surface area (Å²) < 4.78 is 1.11. The Labute approximate surface area is 119 Å². The first-order valence-corrected chi connectivity index (χ1v) is 6.03. The number of hydrogen-bond acceptors (Lipinski definition) is 6. The van der Waals surface area contributed by atoms with Crippen molar-refractivity contribution in [2.75, 3.05) is 0 Å². The molecule has 0 aliphatic carbocycles. The van der Waals surface area contributed by atoms with Crippen LogP contribution >= 0.6 is 0 Å². The van der Waals surface area contributed by atoms with Crippen LogP contribution in [0.5, 0.6) is 0 Å². The summed E-state index contributed by atoms with van der Waals surface area (Å²) in [5, 5.41) is 35.0. The molecule has 10 nitrogen and oxygen atoms in total. The maximum Gasteiger partial charge on any atom is 0.328 e. The SMILES string of the molecule is Cc1nn(CC(=O)N[C@H](C(=O)O)[C@@H](C)O)c(C)c1[N+](=O)[O-]. The van der Waals surface area contributed by atoms with E-state index in [9.17, 15) is 24.8 Å². The molecule has 1 heterocycles. The van der Waals surface area contributed by atoms with Crippen LogP contribution in [0.1, 0.15) is 18.3 Å². The first-order valence-electron chi connectivity index (χ1n) is 6.03. The number of carboxylic acid groups (broad SMARTS) is 1. The van der Waals surface area contributed by atoms with Crippen LogP contribution in [-0.2, 0) is 16.1 Å². The van der Waals surface area contributed by atoms with Gasteiger partial charge in [0.05, 0.1) is 11.0 Å². The number of nitrogens with zero attached hydrogens (tertiary/aromatic N) is 3. The minimum absolute atomic E-state index is 0.163. The molecule has 0 bridgehead atoms. The van der Waals surface area contributed by atoms with Gasteiger partial charge in [-0.05, 0) is 20.8 Å². The standard InChI is InChI=1S/C11H16N4O6/c1-5-10(15(20)21)6(2)14(13-5)4-8(17)12-9(7(3)16)11(18)19/h7,9,16H,4H2,1-3H3,(H,12,17)(H,18,19)/t7-,9+/m1/s1. The molecule has 0 fully saturated rings. The monoisotopic (exact) mass is 300 g/mol. The van der Waals surface area contributed by atoms with Crippen molar-refractivity contribution in [1.29, 1.82) is 0 Å². The molecule has 2 atom stereocenters. The van der Waals surface area contributed by atoms with Gasteiger partial charge in [0.15, 0.2) is 6.04 Å². The first kappa shape index (κ1) is 16.6. The van der Waals surface area contributed by atoms with Gasteiger partial charge in [-0.3, -0.25) is 19.6 Å². The van der Waals surface area contributed by atoms with Crippen LogP contribution in [-0.4, -0.2) is 48.9 Å². The molecule has 1 aromatic rings. The van der Waals surface area contributed by atoms with Crippen LogP contribution in [0.25, 0.3) is 0 Å². The van der Waals surface area contributed by atoms with Gasteiger partial charge in [-0.15, -0.1) is 0 Å². The summed E-state index contributed by atoms with van der Waals surface area (Å²) in [4.78, 5) is 32.9. The number of nitro groups is 1. The number of aryl methyl sites for hydroxylation is 1. The van der Waals surface area contributed by atoms with Crippen molar-refractivity contribution in [3.63, 3.8) is 0 Å². The van der Waals surface area contributed by atoms with Crippen LogP contribution in [0, 0.1) is 24.0 Å². The van der Waals surface area contributed by atoms with Gasteiger partial charge in [0, 0.05) is 0 Å². The van der Waals surface area contributed by atoms with E-state index >= 15 is 0 Å². The van der Waals surface area contributed by atoms with E-state index in [0.717, 1.165) is 4.68 Å². The fourth-order valence-electron chi connectivity index (χ4n) is 1.85. The highest BCUT2D eigenvalue weighted by Gasteiger charge is 2.27. The minimum Gasteiger partial charge on any atom is -0.480 e. The van der Waals surface area contributed by atoms with Crippen LogP contribution in [0.2, 0.25) is 0 Å². The first-order chi connectivity index (χ1) is 9.65. The molecule has 116 valence electrons. The number of carbonyl (C=O) groups excluding carboxylic acids is 1. The maximum absolute atomic E-state index is 11.8. The van der Waals surface area contributed by atoms with Crippen molar-refractivity contribution >= 4 is 17.6 Å². The minimum atomic E-state index is -1.45. The Balaban J connectivity index is 2.87. The van der Waals surface area contributed by atoms with Crippen molar-refractivity contribution in [2.24, 2.45) is 0 Å². The molecule has 0 unspecified atom stereocenters. The number of rotatable bonds is 6. The fraction of sp³-hybridized carbons (Fsp3) is 0.545. The lowest BCUT2D eigenvalue weighted by Gasteiger charge is -2.17. The van der Waals surface area contributed by atoms with Crippen molar-refractivity contribution < 1.29 is 24.7 Å². The zero-order valence-electron chi connectivity index (χ0n) is 11.7. The molecule has 1 amide bonds. The average molecular weight is 300 g/mol. The van der Waals surface area contributed by atoms with E-state index in [1.165, 1.54) is 20.8 Å². The van der Waals surface area contributed by atoms with E-state index in [4.69, 9.17) is 5.11 Å². The third-order valence-corrected chi connectivity index (χ3v) is 2.88. The third kappa shape index (κ3) is 3.75. The Kier molecular flexibility index (Phi) is 4.97. The molecule has 10 heteroatoms. The number of aromatic nitrogens is 2. The van der Waals surface area contributed by atoms with E-state index in [2.05, 4.69) is 10.4 Å². The van der Waals surface area contributed by atoms with Gasteiger partial charge in [-0.25, -0.2) is 4.79 Å². The van der Waals surface area contributed by atoms with E-state index in [0.29, 0.717) is 0 Å². The van der Waals surface area contributed by atoms with E-state index in [-0.39, 0.29) is 23.6 Å². The number of carbonyl (C=O) groups is 2. The molecule has 3 N–H and O–H groups in total. The lowest BCUT2D eigenvalue weighted by atomic mass is 10.2. The second-order valence-electron chi connectivity index (χ2n) is 4.56. The van der Waals surface area contributed by atoms with Crippen molar-refractivity contribution in [3.8, 4) is 0 Å². The summed E-state index contributed by atoms with van der Waals surface area (Å²) >= 11 is 0. The van der Waals surface area contributed by atoms with Crippen molar-refractivity contribution in [3.05, 3.63) is 21.5 Å². The summed E-state index contributed by atoms with van der Waals surface area (Å²) in [6.45, 7) is 3.73. The number of aliphatic hydroxyl groups excluding tert-OH is 1. The van der Waals surface area contributed by atoms with Gasteiger partial charge in [-0.2, -0.15) is 5.10 Å². The summed E-state index contributed by atoms with van der Waals surface area (Å²) in [5.74, 6) is -2.10. The number of nitrogens with one attached hydrogen (secondary N) is 1. The maximum atomic E-state index is 11.8. The molecule has 0 aliphatic heterocycles. The molecule has 0 radical (unpaired) electrons. The highest BCUT2D eigenvalue weighted by atomic mass is 16.6. The van der Waals surface area contributed by atoms with Gasteiger partial charge < -0.3 is 15.5 Å². The number of amides is 1. The molecular weight excluding hydrogens is 284 g/mol. The summed E-state index contributed by atoms with van der Waals surface area (Å²) in [5.41, 5.74) is 0.167. The molecule has 0 aliphatic rings. The predicted octanol–water partition coefficient (Wildman–Crippen LogP) is -0.642. The Morgan fingerprint density at radius 1 is 1.48 bits per heavy atom. The van der Waals surface area contributed by atoms with Crippen LogP contribution in [0.4, 0.5) is 5.69 Å². The quantitative estimate of drug-likeness (QED) is 0.467. The van der Waals surface area contributed by atoms with Crippen LogP contribution in [0.3, 0.4) is 0 Å². The highest BCUT2D eigenvalue weighted by Crippen LogP contribution is 2.21. The van der Waals surface area contributed by atoms with Gasteiger partial charge >= 0.3 is 11.7 Å². The number of aliphatic hydroxyl groups is 1. The zero-order valence-corrected chi connectivity index (χ0v) is 11.7. The Bertz CT molecular complexity index is 580. The Hall–Kier alpha value is -2.49. The van der Waals surface area contributed by atoms with Gasteiger partial charge in [0.2, 0.25) is 5.91 Å². The van der Waals surface area contributed by atoms with E-state index in [1.54, 1.807) is 0 Å². The van der Waals surface area contributed by atoms with E-state index in [1.807, 2.05) is 0 Å². The van der Waals surface area contributed by atoms with Crippen molar-refractivity contribution in [1.82, 2.24) is 15.1 Å². The largest absolute Gasteiger partial charge is 0.480 e. The number of carboxylic acids is 1. The lowest BCUT2D eigenvalue weighted by Crippen LogP contribution is -2.48. The van der Waals surface area contributed by atoms with Gasteiger partial charge in [-0.1, -0.05) is 0 Å². The smallest absolute Gasteiger partial charge is 0.328 e. The third-order valence-electron chi connectivity index (χ3n) is 2.88. The Morgan fingerprint density at radius 3 is 2.43 bits per heavy atom. The molecule has 1 aromatic heterocycles. The second kappa shape index (κ2) is 6.31. The van der Waals surface area contributed by atoms with Crippen molar-refractivity contribution in [2.45, 2.75) is 39.5 Å². The second-order valence-corrected chi connectivity index (χ2v) is 4.56. The molecule has 0 saturated heterocycles. The predicted molar refractivity (Wildman–Crippen MR) is 69.6 cm³/mol. The normalized spacial score (nSPS) is 13.5. The lowest BCUT2D eigenvalue weighted by molar-refractivity contribution is -0.386. The molecule has 0 aromatic carbocycles. The van der Waals surface area contributed by atoms with Crippen LogP contribution in [0.15, 0.2) is 0 Å². The van der Waals surface area contributed by atoms with E-state index < -0.39 is 28.9 Å². The molecule has 21 heavy (non-hydrogen) atoms. The number of aliphatic carboxylic acids is 1. The topological polar surface area (TPSA) is 148 Å². The van der Waals surface area contributed by atoms with Crippen LogP contribution < -0.4 is 5.32 Å².